The molecule has 0 spiro atoms. The smallest absolute Gasteiger partial charge is 0.309 e. The van der Waals surface area contributed by atoms with Gasteiger partial charge in [-0.1, -0.05) is 6.92 Å². The minimum absolute atomic E-state index is 0.205. The van der Waals surface area contributed by atoms with E-state index < -0.39 is 24.4 Å². The van der Waals surface area contributed by atoms with Gasteiger partial charge in [0.25, 0.3) is 6.43 Å². The molecule has 0 radical (unpaired) electrons. The fourth-order valence-corrected chi connectivity index (χ4v) is 0.821. The first kappa shape index (κ1) is 13.2. The predicted octanol–water partition coefficient (Wildman–Crippen LogP) is 0.0111. The summed E-state index contributed by atoms with van der Waals surface area (Å²) in [5.74, 6) is -0.825. The summed E-state index contributed by atoms with van der Waals surface area (Å²) in [6.45, 7) is 1.57. The highest BCUT2D eigenvalue weighted by molar-refractivity contribution is 5.71. The van der Waals surface area contributed by atoms with E-state index in [1.165, 1.54) is 7.11 Å². The van der Waals surface area contributed by atoms with Crippen LogP contribution in [-0.4, -0.2) is 43.8 Å². The van der Waals surface area contributed by atoms with E-state index in [0.717, 1.165) is 0 Å². The van der Waals surface area contributed by atoms with Crippen molar-refractivity contribution in [1.82, 2.24) is 5.32 Å². The zero-order chi connectivity index (χ0) is 11.1. The minimum Gasteiger partial charge on any atom is -0.469 e. The summed E-state index contributed by atoms with van der Waals surface area (Å²) in [6, 6.07) is 0. The summed E-state index contributed by atoms with van der Waals surface area (Å²) < 4.78 is 28.0. The number of esters is 1. The Morgan fingerprint density at radius 3 is 2.50 bits per heavy atom. The van der Waals surface area contributed by atoms with Crippen LogP contribution in [0.5, 0.6) is 0 Å². The molecule has 0 saturated heterocycles. The standard InChI is InChI=1S/C8H15F2NO3/c1-5(8(13)14-2)3-11-4-6(12)7(9)10/h5-7,11-12H,3-4H2,1-2H3. The van der Waals surface area contributed by atoms with Crippen LogP contribution >= 0.6 is 0 Å². The molecule has 2 atom stereocenters. The summed E-state index contributed by atoms with van der Waals surface area (Å²) in [4.78, 5) is 10.8. The van der Waals surface area contributed by atoms with Crippen LogP contribution in [0.2, 0.25) is 0 Å². The maximum Gasteiger partial charge on any atom is 0.309 e. The minimum atomic E-state index is -2.77. The van der Waals surface area contributed by atoms with Crippen molar-refractivity contribution in [2.24, 2.45) is 5.92 Å². The van der Waals surface area contributed by atoms with Gasteiger partial charge in [0.2, 0.25) is 0 Å². The number of methoxy groups -OCH3 is 1. The normalized spacial score (nSPS) is 15.3. The van der Waals surface area contributed by atoms with Gasteiger partial charge in [-0.25, -0.2) is 8.78 Å². The lowest BCUT2D eigenvalue weighted by atomic mass is 10.2. The lowest BCUT2D eigenvalue weighted by Crippen LogP contribution is -2.36. The molecule has 14 heavy (non-hydrogen) atoms. The number of alkyl halides is 2. The van der Waals surface area contributed by atoms with Crippen molar-refractivity contribution in [3.63, 3.8) is 0 Å². The molecule has 84 valence electrons. The zero-order valence-corrected chi connectivity index (χ0v) is 8.17. The summed E-state index contributed by atoms with van der Waals surface area (Å²) in [7, 11) is 1.26. The molecule has 6 heteroatoms. The van der Waals surface area contributed by atoms with Crippen LogP contribution in [0.4, 0.5) is 8.78 Å². The van der Waals surface area contributed by atoms with E-state index in [0.29, 0.717) is 0 Å². The van der Waals surface area contributed by atoms with Crippen LogP contribution in [-0.2, 0) is 9.53 Å². The van der Waals surface area contributed by atoms with Gasteiger partial charge in [-0.2, -0.15) is 0 Å². The molecule has 0 aromatic carbocycles. The largest absolute Gasteiger partial charge is 0.469 e. The summed E-state index contributed by atoms with van der Waals surface area (Å²) >= 11 is 0. The van der Waals surface area contributed by atoms with Crippen molar-refractivity contribution in [3.8, 4) is 0 Å². The number of carbonyl (C=O) groups is 1. The lowest BCUT2D eigenvalue weighted by molar-refractivity contribution is -0.144. The molecule has 0 bridgehead atoms. The van der Waals surface area contributed by atoms with Crippen LogP contribution in [0.3, 0.4) is 0 Å². The van der Waals surface area contributed by atoms with Crippen molar-refractivity contribution >= 4 is 5.97 Å². The Labute approximate surface area is 81.2 Å². The van der Waals surface area contributed by atoms with Crippen LogP contribution in [0.1, 0.15) is 6.92 Å². The summed E-state index contributed by atoms with van der Waals surface area (Å²) in [5.41, 5.74) is 0. The van der Waals surface area contributed by atoms with E-state index in [1.54, 1.807) is 6.92 Å². The Bertz CT molecular complexity index is 178. The second-order valence-electron chi connectivity index (χ2n) is 2.98. The number of carbonyl (C=O) groups excluding carboxylic acids is 1. The number of hydrogen-bond donors (Lipinski definition) is 2. The molecule has 0 saturated carbocycles. The second kappa shape index (κ2) is 6.67. The van der Waals surface area contributed by atoms with Gasteiger partial charge in [0.1, 0.15) is 6.10 Å². The van der Waals surface area contributed by atoms with E-state index in [-0.39, 0.29) is 13.1 Å². The first-order valence-electron chi connectivity index (χ1n) is 4.23. The zero-order valence-electron chi connectivity index (χ0n) is 8.17. The molecule has 0 aliphatic heterocycles. The van der Waals surface area contributed by atoms with Gasteiger partial charge in [-0.15, -0.1) is 0 Å². The number of hydrogen-bond acceptors (Lipinski definition) is 4. The Morgan fingerprint density at radius 2 is 2.07 bits per heavy atom. The van der Waals surface area contributed by atoms with Gasteiger partial charge in [0.15, 0.2) is 0 Å². The Morgan fingerprint density at radius 1 is 1.50 bits per heavy atom. The molecule has 0 rings (SSSR count). The number of ether oxygens (including phenoxy) is 1. The third kappa shape index (κ3) is 5.08. The van der Waals surface area contributed by atoms with Gasteiger partial charge in [0.05, 0.1) is 13.0 Å². The Balaban J connectivity index is 3.58. The van der Waals surface area contributed by atoms with Gasteiger partial charge in [-0.3, -0.25) is 4.79 Å². The average molecular weight is 211 g/mol. The van der Waals surface area contributed by atoms with Crippen LogP contribution in [0.15, 0.2) is 0 Å². The van der Waals surface area contributed by atoms with Crippen LogP contribution in [0.25, 0.3) is 0 Å². The number of aliphatic hydroxyl groups is 1. The molecular formula is C8H15F2NO3. The van der Waals surface area contributed by atoms with E-state index in [2.05, 4.69) is 10.1 Å². The number of nitrogens with one attached hydrogen (secondary N) is 1. The number of rotatable bonds is 6. The highest BCUT2D eigenvalue weighted by Gasteiger charge is 2.17. The highest BCUT2D eigenvalue weighted by Crippen LogP contribution is 2.00. The molecular weight excluding hydrogens is 196 g/mol. The highest BCUT2D eigenvalue weighted by atomic mass is 19.3. The van der Waals surface area contributed by atoms with Gasteiger partial charge in [0, 0.05) is 13.1 Å². The number of halogens is 2. The maximum absolute atomic E-state index is 11.8. The van der Waals surface area contributed by atoms with E-state index in [4.69, 9.17) is 5.11 Å². The Kier molecular flexibility index (Phi) is 6.31. The predicted molar refractivity (Wildman–Crippen MR) is 46.1 cm³/mol. The molecule has 2 unspecified atom stereocenters. The molecule has 0 aliphatic carbocycles. The maximum atomic E-state index is 11.8. The van der Waals surface area contributed by atoms with Crippen molar-refractivity contribution in [2.45, 2.75) is 19.5 Å². The molecule has 0 amide bonds. The molecule has 0 fully saturated rings. The van der Waals surface area contributed by atoms with Gasteiger partial charge >= 0.3 is 5.97 Å². The SMILES string of the molecule is COC(=O)C(C)CNCC(O)C(F)F. The summed E-state index contributed by atoms with van der Waals surface area (Å²) in [6.07, 6.45) is -4.46. The second-order valence-corrected chi connectivity index (χ2v) is 2.98. The van der Waals surface area contributed by atoms with Crippen molar-refractivity contribution < 1.29 is 23.4 Å². The van der Waals surface area contributed by atoms with Gasteiger partial charge < -0.3 is 15.2 Å². The first-order chi connectivity index (χ1) is 6.49. The van der Waals surface area contributed by atoms with Crippen LogP contribution in [0, 0.1) is 5.92 Å². The van der Waals surface area contributed by atoms with E-state index >= 15 is 0 Å². The number of aliphatic hydroxyl groups excluding tert-OH is 1. The third-order valence-electron chi connectivity index (χ3n) is 1.70. The third-order valence-corrected chi connectivity index (χ3v) is 1.70. The van der Waals surface area contributed by atoms with E-state index in [1.807, 2.05) is 0 Å². The molecule has 0 aromatic rings. The van der Waals surface area contributed by atoms with E-state index in [9.17, 15) is 13.6 Å². The molecule has 4 nitrogen and oxygen atoms in total. The lowest BCUT2D eigenvalue weighted by Gasteiger charge is -2.13. The average Bonchev–Trinajstić information content (AvgIpc) is 2.15. The van der Waals surface area contributed by atoms with Gasteiger partial charge in [-0.05, 0) is 0 Å². The van der Waals surface area contributed by atoms with Crippen molar-refractivity contribution in [2.75, 3.05) is 20.2 Å². The monoisotopic (exact) mass is 211 g/mol. The van der Waals surface area contributed by atoms with Crippen molar-refractivity contribution in [1.29, 1.82) is 0 Å². The quantitative estimate of drug-likeness (QED) is 0.608. The molecule has 0 heterocycles. The molecule has 0 aliphatic rings. The fourth-order valence-electron chi connectivity index (χ4n) is 0.821. The fraction of sp³-hybridized carbons (Fsp3) is 0.875. The topological polar surface area (TPSA) is 58.6 Å². The first-order valence-corrected chi connectivity index (χ1v) is 4.23. The molecule has 2 N–H and O–H groups in total. The van der Waals surface area contributed by atoms with Crippen LogP contribution < -0.4 is 5.32 Å². The summed E-state index contributed by atoms with van der Waals surface area (Å²) in [5, 5.41) is 11.3. The Hall–Kier alpha value is -0.750. The molecule has 0 aromatic heterocycles. The van der Waals surface area contributed by atoms with Crippen molar-refractivity contribution in [3.05, 3.63) is 0 Å².